The molecule has 0 atom stereocenters. The first-order chi connectivity index (χ1) is 12.1. The predicted octanol–water partition coefficient (Wildman–Crippen LogP) is 1.96. The second-order valence-corrected chi connectivity index (χ2v) is 5.82. The van der Waals surface area contributed by atoms with E-state index in [1.807, 2.05) is 6.20 Å². The van der Waals surface area contributed by atoms with Crippen LogP contribution in [0.1, 0.15) is 34.7 Å². The van der Waals surface area contributed by atoms with Crippen LogP contribution in [0.4, 0.5) is 11.5 Å². The first-order valence-corrected chi connectivity index (χ1v) is 8.10. The number of hydrogen-bond donors (Lipinski definition) is 1. The molecule has 0 amide bonds. The van der Waals surface area contributed by atoms with Gasteiger partial charge in [0, 0.05) is 44.4 Å². The second kappa shape index (κ2) is 7.29. The highest BCUT2D eigenvalue weighted by molar-refractivity contribution is 5.90. The Morgan fingerprint density at radius 3 is 3.04 bits per heavy atom. The lowest BCUT2D eigenvalue weighted by atomic mass is 10.2. The van der Waals surface area contributed by atoms with Crippen molar-refractivity contribution in [2.24, 2.45) is 0 Å². The van der Waals surface area contributed by atoms with Crippen LogP contribution >= 0.6 is 0 Å². The maximum Gasteiger partial charge on any atom is 0.339 e. The van der Waals surface area contributed by atoms with Crippen molar-refractivity contribution < 1.29 is 14.5 Å². The van der Waals surface area contributed by atoms with Gasteiger partial charge in [0.15, 0.2) is 0 Å². The van der Waals surface area contributed by atoms with Gasteiger partial charge in [0.25, 0.3) is 0 Å². The van der Waals surface area contributed by atoms with Gasteiger partial charge in [-0.05, 0) is 12.8 Å². The first kappa shape index (κ1) is 16.9. The third-order valence-electron chi connectivity index (χ3n) is 4.12. The number of nitrogens with zero attached hydrogens (tertiary/aromatic N) is 4. The Morgan fingerprint density at radius 1 is 1.48 bits per heavy atom. The van der Waals surface area contributed by atoms with E-state index in [4.69, 9.17) is 0 Å². The number of nitrogens with one attached hydrogen (secondary N) is 1. The number of aromatic nitrogens is 3. The molecule has 3 heterocycles. The van der Waals surface area contributed by atoms with Gasteiger partial charge in [-0.2, -0.15) is 0 Å². The van der Waals surface area contributed by atoms with Gasteiger partial charge in [-0.3, -0.25) is 10.1 Å². The summed E-state index contributed by atoms with van der Waals surface area (Å²) >= 11 is 0. The third-order valence-corrected chi connectivity index (χ3v) is 4.12. The van der Waals surface area contributed by atoms with E-state index in [0.717, 1.165) is 37.0 Å². The van der Waals surface area contributed by atoms with Gasteiger partial charge in [0.2, 0.25) is 5.82 Å². The smallest absolute Gasteiger partial charge is 0.339 e. The fraction of sp³-hybridized carbons (Fsp3) is 0.438. The minimum Gasteiger partial charge on any atom is -0.465 e. The van der Waals surface area contributed by atoms with Crippen LogP contribution in [0.25, 0.3) is 0 Å². The number of hydrogen-bond acceptors (Lipinski definition) is 7. The minimum atomic E-state index is -0.661. The summed E-state index contributed by atoms with van der Waals surface area (Å²) in [5.41, 5.74) is 0.742. The lowest BCUT2D eigenvalue weighted by molar-refractivity contribution is -0.384. The van der Waals surface area contributed by atoms with Crippen molar-refractivity contribution in [2.75, 3.05) is 19.0 Å². The average molecular weight is 345 g/mol. The van der Waals surface area contributed by atoms with E-state index in [-0.39, 0.29) is 17.1 Å². The molecule has 0 aromatic carbocycles. The van der Waals surface area contributed by atoms with Crippen LogP contribution in [-0.4, -0.2) is 39.1 Å². The van der Waals surface area contributed by atoms with Gasteiger partial charge in [0.05, 0.1) is 23.3 Å². The number of nitro groups is 1. The molecule has 1 aliphatic heterocycles. The molecule has 9 nitrogen and oxygen atoms in total. The zero-order valence-electron chi connectivity index (χ0n) is 13.9. The lowest BCUT2D eigenvalue weighted by Crippen LogP contribution is -2.10. The maximum absolute atomic E-state index is 11.5. The Labute approximate surface area is 144 Å². The molecule has 1 aliphatic rings. The zero-order valence-corrected chi connectivity index (χ0v) is 13.9. The standard InChI is InChI=1S/C16H19N5O4/c1-25-16(22)11-8-13(21(23)24)15(18-9-11)17-6-5-12-10-20-7-3-2-4-14(20)19-12/h8-10H,2-7H2,1H3,(H,17,18). The van der Waals surface area contributed by atoms with Crippen LogP contribution in [-0.2, 0) is 24.1 Å². The number of anilines is 1. The Balaban J connectivity index is 1.67. The Morgan fingerprint density at radius 2 is 2.32 bits per heavy atom. The van der Waals surface area contributed by atoms with Gasteiger partial charge in [0.1, 0.15) is 5.82 Å². The number of pyridine rings is 1. The number of ether oxygens (including phenoxy) is 1. The number of carbonyl (C=O) groups excluding carboxylic acids is 1. The van der Waals surface area contributed by atoms with Gasteiger partial charge >= 0.3 is 11.7 Å². The summed E-state index contributed by atoms with van der Waals surface area (Å²) in [5, 5.41) is 14.2. The van der Waals surface area contributed by atoms with Crippen molar-refractivity contribution in [3.05, 3.63) is 45.7 Å². The Hall–Kier alpha value is -2.97. The van der Waals surface area contributed by atoms with E-state index >= 15 is 0 Å². The van der Waals surface area contributed by atoms with Crippen LogP contribution in [0.5, 0.6) is 0 Å². The third kappa shape index (κ3) is 3.76. The predicted molar refractivity (Wildman–Crippen MR) is 89.6 cm³/mol. The quantitative estimate of drug-likeness (QED) is 0.484. The molecule has 0 unspecified atom stereocenters. The number of rotatable bonds is 6. The second-order valence-electron chi connectivity index (χ2n) is 5.82. The van der Waals surface area contributed by atoms with Crippen LogP contribution in [0.3, 0.4) is 0 Å². The number of fused-ring (bicyclic) bond motifs is 1. The normalized spacial score (nSPS) is 13.2. The molecule has 2 aromatic heterocycles. The Bertz CT molecular complexity index is 778. The average Bonchev–Trinajstić information content (AvgIpc) is 3.03. The highest BCUT2D eigenvalue weighted by Crippen LogP contribution is 2.23. The van der Waals surface area contributed by atoms with Crippen molar-refractivity contribution >= 4 is 17.5 Å². The van der Waals surface area contributed by atoms with Crippen molar-refractivity contribution in [1.82, 2.24) is 14.5 Å². The fourth-order valence-electron chi connectivity index (χ4n) is 2.86. The number of esters is 1. The molecular weight excluding hydrogens is 326 g/mol. The molecular formula is C16H19N5O4. The molecule has 2 aromatic rings. The molecule has 0 bridgehead atoms. The number of methoxy groups -OCH3 is 1. The Kier molecular flexibility index (Phi) is 4.92. The summed E-state index contributed by atoms with van der Waals surface area (Å²) in [7, 11) is 1.21. The summed E-state index contributed by atoms with van der Waals surface area (Å²) in [4.78, 5) is 30.7. The molecule has 0 fully saturated rings. The number of imidazole rings is 1. The zero-order chi connectivity index (χ0) is 17.8. The molecule has 0 saturated heterocycles. The topological polar surface area (TPSA) is 112 Å². The monoisotopic (exact) mass is 345 g/mol. The van der Waals surface area contributed by atoms with E-state index in [2.05, 4.69) is 24.6 Å². The van der Waals surface area contributed by atoms with Gasteiger partial charge < -0.3 is 14.6 Å². The highest BCUT2D eigenvalue weighted by Gasteiger charge is 2.19. The first-order valence-electron chi connectivity index (χ1n) is 8.10. The van der Waals surface area contributed by atoms with Crippen LogP contribution < -0.4 is 5.32 Å². The van der Waals surface area contributed by atoms with E-state index < -0.39 is 10.9 Å². The van der Waals surface area contributed by atoms with E-state index in [9.17, 15) is 14.9 Å². The molecule has 3 rings (SSSR count). The minimum absolute atomic E-state index is 0.0431. The number of aryl methyl sites for hydroxylation is 2. The summed E-state index contributed by atoms with van der Waals surface area (Å²) in [6.07, 6.45) is 7.27. The summed E-state index contributed by atoms with van der Waals surface area (Å²) in [6.45, 7) is 1.46. The van der Waals surface area contributed by atoms with E-state index in [1.165, 1.54) is 19.7 Å². The van der Waals surface area contributed by atoms with Crippen molar-refractivity contribution in [1.29, 1.82) is 0 Å². The summed E-state index contributed by atoms with van der Waals surface area (Å²) in [6, 6.07) is 1.16. The molecule has 0 saturated carbocycles. The molecule has 132 valence electrons. The summed E-state index contributed by atoms with van der Waals surface area (Å²) in [5.74, 6) is 0.570. The highest BCUT2D eigenvalue weighted by atomic mass is 16.6. The van der Waals surface area contributed by atoms with Crippen LogP contribution in [0.15, 0.2) is 18.5 Å². The molecule has 9 heteroatoms. The van der Waals surface area contributed by atoms with E-state index in [1.54, 1.807) is 0 Å². The molecule has 0 radical (unpaired) electrons. The largest absolute Gasteiger partial charge is 0.465 e. The molecule has 25 heavy (non-hydrogen) atoms. The summed E-state index contributed by atoms with van der Waals surface area (Å²) < 4.78 is 6.73. The van der Waals surface area contributed by atoms with Crippen molar-refractivity contribution in [3.63, 3.8) is 0 Å². The fourth-order valence-corrected chi connectivity index (χ4v) is 2.86. The lowest BCUT2D eigenvalue weighted by Gasteiger charge is -2.11. The van der Waals surface area contributed by atoms with Crippen LogP contribution in [0.2, 0.25) is 0 Å². The van der Waals surface area contributed by atoms with E-state index in [0.29, 0.717) is 13.0 Å². The number of carbonyl (C=O) groups is 1. The van der Waals surface area contributed by atoms with Crippen molar-refractivity contribution in [3.8, 4) is 0 Å². The maximum atomic E-state index is 11.5. The SMILES string of the molecule is COC(=O)c1cnc(NCCc2cn3c(n2)CCCC3)c([N+](=O)[O-])c1. The van der Waals surface area contributed by atoms with Gasteiger partial charge in [-0.1, -0.05) is 0 Å². The molecule has 1 N–H and O–H groups in total. The molecule has 0 spiro atoms. The van der Waals surface area contributed by atoms with Gasteiger partial charge in [-0.15, -0.1) is 0 Å². The molecule has 0 aliphatic carbocycles. The van der Waals surface area contributed by atoms with Gasteiger partial charge in [-0.25, -0.2) is 14.8 Å². The van der Waals surface area contributed by atoms with Crippen LogP contribution in [0, 0.1) is 10.1 Å². The van der Waals surface area contributed by atoms with Crippen molar-refractivity contribution in [2.45, 2.75) is 32.2 Å².